The molecule has 0 atom stereocenters. The average molecular weight is 264 g/mol. The van der Waals surface area contributed by atoms with Gasteiger partial charge in [-0.1, -0.05) is 40.0 Å². The smallest absolute Gasteiger partial charge is 0.290 e. The molecule has 0 radical (unpaired) electrons. The van der Waals surface area contributed by atoms with Crippen LogP contribution in [0.3, 0.4) is 0 Å². The lowest BCUT2D eigenvalue weighted by atomic mass is 9.76. The summed E-state index contributed by atoms with van der Waals surface area (Å²) in [4.78, 5) is 16.2. The largest absolute Gasteiger partial charge is 0.349 e. The van der Waals surface area contributed by atoms with Gasteiger partial charge in [-0.2, -0.15) is 0 Å². The van der Waals surface area contributed by atoms with Gasteiger partial charge in [-0.15, -0.1) is 5.10 Å². The van der Waals surface area contributed by atoms with Gasteiger partial charge < -0.3 is 5.32 Å². The van der Waals surface area contributed by atoms with Gasteiger partial charge in [0.05, 0.1) is 0 Å². The average Bonchev–Trinajstić information content (AvgIpc) is 2.87. The second-order valence-corrected chi connectivity index (χ2v) is 6.25. The zero-order chi connectivity index (χ0) is 13.9. The maximum Gasteiger partial charge on any atom is 0.290 e. The van der Waals surface area contributed by atoms with E-state index >= 15 is 0 Å². The highest BCUT2D eigenvalue weighted by Gasteiger charge is 2.27. The van der Waals surface area contributed by atoms with E-state index in [2.05, 4.69) is 27.4 Å². The minimum absolute atomic E-state index is 0.171. The van der Waals surface area contributed by atoms with Gasteiger partial charge in [0.1, 0.15) is 5.82 Å². The molecule has 5 heteroatoms. The van der Waals surface area contributed by atoms with Crippen molar-refractivity contribution in [3.63, 3.8) is 0 Å². The third-order valence-corrected chi connectivity index (χ3v) is 3.99. The molecular weight excluding hydrogens is 240 g/mol. The minimum atomic E-state index is -0.171. The summed E-state index contributed by atoms with van der Waals surface area (Å²) in [6.45, 7) is 7.01. The first-order valence-corrected chi connectivity index (χ1v) is 7.21. The van der Waals surface area contributed by atoms with E-state index < -0.39 is 0 Å². The van der Waals surface area contributed by atoms with Crippen molar-refractivity contribution in [1.29, 1.82) is 0 Å². The van der Waals surface area contributed by atoms with E-state index in [-0.39, 0.29) is 23.1 Å². The molecule has 0 unspecified atom stereocenters. The topological polar surface area (TPSA) is 70.7 Å². The number of nitrogens with one attached hydrogen (secondary N) is 2. The number of hydrogen-bond donors (Lipinski definition) is 2. The van der Waals surface area contributed by atoms with E-state index in [0.717, 1.165) is 12.4 Å². The SMILES string of the molecule is CC(C)c1nc(C(=O)NCC2(C)CCCCC2)n[nH]1. The molecule has 1 fully saturated rings. The van der Waals surface area contributed by atoms with E-state index in [1.54, 1.807) is 0 Å². The Morgan fingerprint density at radius 1 is 1.37 bits per heavy atom. The molecule has 0 bridgehead atoms. The number of aromatic nitrogens is 3. The molecule has 1 saturated carbocycles. The molecule has 19 heavy (non-hydrogen) atoms. The first-order valence-electron chi connectivity index (χ1n) is 7.21. The molecule has 1 aromatic heterocycles. The van der Waals surface area contributed by atoms with Crippen LogP contribution in [0.15, 0.2) is 0 Å². The van der Waals surface area contributed by atoms with Crippen molar-refractivity contribution in [2.45, 2.75) is 58.8 Å². The van der Waals surface area contributed by atoms with Crippen molar-refractivity contribution in [3.05, 3.63) is 11.6 Å². The summed E-state index contributed by atoms with van der Waals surface area (Å²) in [6, 6.07) is 0. The number of nitrogens with zero attached hydrogens (tertiary/aromatic N) is 2. The quantitative estimate of drug-likeness (QED) is 0.878. The molecule has 106 valence electrons. The fourth-order valence-corrected chi connectivity index (χ4v) is 2.59. The first-order chi connectivity index (χ1) is 9.00. The number of H-pyrrole nitrogens is 1. The predicted molar refractivity (Wildman–Crippen MR) is 74.0 cm³/mol. The highest BCUT2D eigenvalue weighted by molar-refractivity contribution is 5.90. The summed E-state index contributed by atoms with van der Waals surface area (Å²) in [6.07, 6.45) is 6.24. The summed E-state index contributed by atoms with van der Waals surface area (Å²) in [5.74, 6) is 1.09. The zero-order valence-corrected chi connectivity index (χ0v) is 12.1. The molecule has 0 aromatic carbocycles. The number of amides is 1. The minimum Gasteiger partial charge on any atom is -0.349 e. The fourth-order valence-electron chi connectivity index (χ4n) is 2.59. The normalized spacial score (nSPS) is 18.5. The van der Waals surface area contributed by atoms with Crippen LogP contribution in [0.4, 0.5) is 0 Å². The van der Waals surface area contributed by atoms with Gasteiger partial charge >= 0.3 is 0 Å². The molecular formula is C14H24N4O. The molecule has 1 aliphatic carbocycles. The number of rotatable bonds is 4. The number of carbonyl (C=O) groups excluding carboxylic acids is 1. The van der Waals surface area contributed by atoms with Crippen molar-refractivity contribution >= 4 is 5.91 Å². The summed E-state index contributed by atoms with van der Waals surface area (Å²) < 4.78 is 0. The highest BCUT2D eigenvalue weighted by atomic mass is 16.2. The second kappa shape index (κ2) is 5.72. The predicted octanol–water partition coefficient (Wildman–Crippen LogP) is 2.63. The van der Waals surface area contributed by atoms with Crippen LogP contribution in [-0.2, 0) is 0 Å². The fraction of sp³-hybridized carbons (Fsp3) is 0.786. The Bertz CT molecular complexity index is 432. The molecule has 0 saturated heterocycles. The monoisotopic (exact) mass is 264 g/mol. The Balaban J connectivity index is 1.89. The van der Waals surface area contributed by atoms with Crippen molar-refractivity contribution < 1.29 is 4.79 Å². The summed E-state index contributed by atoms with van der Waals surface area (Å²) in [5.41, 5.74) is 0.241. The van der Waals surface area contributed by atoms with Crippen LogP contribution >= 0.6 is 0 Å². The van der Waals surface area contributed by atoms with E-state index in [9.17, 15) is 4.79 Å². The molecule has 2 rings (SSSR count). The van der Waals surface area contributed by atoms with Crippen molar-refractivity contribution in [3.8, 4) is 0 Å². The third kappa shape index (κ3) is 3.55. The van der Waals surface area contributed by atoms with Crippen LogP contribution in [0.2, 0.25) is 0 Å². The molecule has 0 aliphatic heterocycles. The maximum absolute atomic E-state index is 12.0. The maximum atomic E-state index is 12.0. The lowest BCUT2D eigenvalue weighted by Gasteiger charge is -2.33. The number of aromatic amines is 1. The lowest BCUT2D eigenvalue weighted by molar-refractivity contribution is 0.0909. The highest BCUT2D eigenvalue weighted by Crippen LogP contribution is 2.34. The lowest BCUT2D eigenvalue weighted by Crippen LogP contribution is -2.37. The van der Waals surface area contributed by atoms with E-state index in [1.807, 2.05) is 13.8 Å². The van der Waals surface area contributed by atoms with Gasteiger partial charge in [-0.3, -0.25) is 9.89 Å². The Hall–Kier alpha value is -1.39. The van der Waals surface area contributed by atoms with Crippen LogP contribution in [-0.4, -0.2) is 27.6 Å². The second-order valence-electron chi connectivity index (χ2n) is 6.25. The molecule has 2 N–H and O–H groups in total. The van der Waals surface area contributed by atoms with Gasteiger partial charge in [-0.25, -0.2) is 4.98 Å². The van der Waals surface area contributed by atoms with Crippen LogP contribution in [0.5, 0.6) is 0 Å². The molecule has 1 aromatic rings. The van der Waals surface area contributed by atoms with Gasteiger partial charge in [-0.05, 0) is 18.3 Å². The standard InChI is InChI=1S/C14H24N4O/c1-10(2)11-16-12(18-17-11)13(19)15-9-14(3)7-5-4-6-8-14/h10H,4-9H2,1-3H3,(H,15,19)(H,16,17,18). The summed E-state index contributed by atoms with van der Waals surface area (Å²) in [5, 5.41) is 9.76. The molecule has 0 spiro atoms. The number of carbonyl (C=O) groups is 1. The molecule has 1 heterocycles. The summed E-state index contributed by atoms with van der Waals surface area (Å²) >= 11 is 0. The van der Waals surface area contributed by atoms with Crippen LogP contribution < -0.4 is 5.32 Å². The Morgan fingerprint density at radius 2 is 2.05 bits per heavy atom. The van der Waals surface area contributed by atoms with Crippen molar-refractivity contribution in [2.24, 2.45) is 5.41 Å². The van der Waals surface area contributed by atoms with Crippen molar-refractivity contribution in [2.75, 3.05) is 6.54 Å². The molecule has 5 nitrogen and oxygen atoms in total. The van der Waals surface area contributed by atoms with Crippen LogP contribution in [0.25, 0.3) is 0 Å². The van der Waals surface area contributed by atoms with Crippen LogP contribution in [0.1, 0.15) is 75.2 Å². The zero-order valence-electron chi connectivity index (χ0n) is 12.1. The van der Waals surface area contributed by atoms with Gasteiger partial charge in [0.2, 0.25) is 5.82 Å². The van der Waals surface area contributed by atoms with Gasteiger partial charge in [0.25, 0.3) is 5.91 Å². The van der Waals surface area contributed by atoms with E-state index in [4.69, 9.17) is 0 Å². The third-order valence-electron chi connectivity index (χ3n) is 3.99. The molecule has 1 aliphatic rings. The number of hydrogen-bond acceptors (Lipinski definition) is 3. The van der Waals surface area contributed by atoms with Gasteiger partial charge in [0, 0.05) is 12.5 Å². The van der Waals surface area contributed by atoms with Gasteiger partial charge in [0.15, 0.2) is 0 Å². The van der Waals surface area contributed by atoms with Crippen LogP contribution in [0, 0.1) is 5.41 Å². The summed E-state index contributed by atoms with van der Waals surface area (Å²) in [7, 11) is 0. The Labute approximate surface area is 114 Å². The first kappa shape index (κ1) is 14.0. The Kier molecular flexibility index (Phi) is 4.22. The van der Waals surface area contributed by atoms with Crippen molar-refractivity contribution in [1.82, 2.24) is 20.5 Å². The van der Waals surface area contributed by atoms with E-state index in [0.29, 0.717) is 0 Å². The van der Waals surface area contributed by atoms with E-state index in [1.165, 1.54) is 32.1 Å². The molecule has 1 amide bonds. The Morgan fingerprint density at radius 3 is 2.63 bits per heavy atom.